The van der Waals surface area contributed by atoms with Crippen LogP contribution in [0.5, 0.6) is 11.5 Å². The highest BCUT2D eigenvalue weighted by Crippen LogP contribution is 2.30. The summed E-state index contributed by atoms with van der Waals surface area (Å²) in [7, 11) is 0. The van der Waals surface area contributed by atoms with E-state index < -0.39 is 5.60 Å². The molecule has 0 radical (unpaired) electrons. The van der Waals surface area contributed by atoms with Gasteiger partial charge in [0.1, 0.15) is 13.2 Å². The Morgan fingerprint density at radius 1 is 1.26 bits per heavy atom. The lowest BCUT2D eigenvalue weighted by Gasteiger charge is -2.27. The highest BCUT2D eigenvalue weighted by atomic mass is 16.6. The topological polar surface area (TPSA) is 50.7 Å². The first-order chi connectivity index (χ1) is 8.97. The van der Waals surface area contributed by atoms with Crippen molar-refractivity contribution >= 4 is 0 Å². The van der Waals surface area contributed by atoms with Gasteiger partial charge in [-0.05, 0) is 51.4 Å². The van der Waals surface area contributed by atoms with Gasteiger partial charge in [0.25, 0.3) is 0 Å². The van der Waals surface area contributed by atoms with E-state index in [0.717, 1.165) is 24.5 Å². The standard InChI is InChI=1S/C15H23NO3/c1-11(15(2,3)17)16-7-6-12-4-5-13-14(10-12)19-9-8-18-13/h4-5,10-11,16-17H,6-9H2,1-3H3. The van der Waals surface area contributed by atoms with Gasteiger partial charge in [0.05, 0.1) is 5.60 Å². The number of rotatable bonds is 5. The van der Waals surface area contributed by atoms with Crippen molar-refractivity contribution in [1.29, 1.82) is 0 Å². The Bertz CT molecular complexity index is 426. The minimum absolute atomic E-state index is 0.0599. The van der Waals surface area contributed by atoms with Crippen LogP contribution in [0.2, 0.25) is 0 Å². The smallest absolute Gasteiger partial charge is 0.161 e. The third-order valence-corrected chi connectivity index (χ3v) is 3.53. The van der Waals surface area contributed by atoms with Crippen molar-refractivity contribution in [2.45, 2.75) is 38.8 Å². The maximum absolute atomic E-state index is 9.84. The van der Waals surface area contributed by atoms with Crippen molar-refractivity contribution in [1.82, 2.24) is 5.32 Å². The number of ether oxygens (including phenoxy) is 2. The van der Waals surface area contributed by atoms with E-state index in [9.17, 15) is 5.11 Å². The van der Waals surface area contributed by atoms with Gasteiger partial charge in [-0.2, -0.15) is 0 Å². The fourth-order valence-electron chi connectivity index (χ4n) is 1.93. The van der Waals surface area contributed by atoms with Crippen molar-refractivity contribution < 1.29 is 14.6 Å². The molecule has 0 aliphatic carbocycles. The van der Waals surface area contributed by atoms with Crippen LogP contribution in [0.3, 0.4) is 0 Å². The van der Waals surface area contributed by atoms with E-state index in [1.807, 2.05) is 32.9 Å². The molecule has 106 valence electrons. The summed E-state index contributed by atoms with van der Waals surface area (Å²) in [5.74, 6) is 1.66. The summed E-state index contributed by atoms with van der Waals surface area (Å²) >= 11 is 0. The van der Waals surface area contributed by atoms with Crippen molar-refractivity contribution in [2.75, 3.05) is 19.8 Å². The molecule has 19 heavy (non-hydrogen) atoms. The lowest BCUT2D eigenvalue weighted by molar-refractivity contribution is 0.0446. The zero-order valence-corrected chi connectivity index (χ0v) is 11.9. The van der Waals surface area contributed by atoms with E-state index in [1.54, 1.807) is 0 Å². The van der Waals surface area contributed by atoms with Gasteiger partial charge in [0, 0.05) is 6.04 Å². The SMILES string of the molecule is CC(NCCc1ccc2c(c1)OCCO2)C(C)(C)O. The lowest BCUT2D eigenvalue weighted by atomic mass is 10.0. The van der Waals surface area contributed by atoms with Gasteiger partial charge in [0.2, 0.25) is 0 Å². The Kier molecular flexibility index (Phi) is 4.32. The average Bonchev–Trinajstić information content (AvgIpc) is 2.37. The third-order valence-electron chi connectivity index (χ3n) is 3.53. The minimum atomic E-state index is -0.702. The highest BCUT2D eigenvalue weighted by Gasteiger charge is 2.21. The molecule has 1 aromatic carbocycles. The van der Waals surface area contributed by atoms with E-state index in [4.69, 9.17) is 9.47 Å². The molecule has 1 aliphatic heterocycles. The molecule has 2 rings (SSSR count). The fraction of sp³-hybridized carbons (Fsp3) is 0.600. The number of benzene rings is 1. The normalized spacial score (nSPS) is 16.2. The Morgan fingerprint density at radius 2 is 1.95 bits per heavy atom. The first kappa shape index (κ1) is 14.2. The average molecular weight is 265 g/mol. The molecule has 0 spiro atoms. The van der Waals surface area contributed by atoms with Gasteiger partial charge in [0.15, 0.2) is 11.5 Å². The van der Waals surface area contributed by atoms with Gasteiger partial charge >= 0.3 is 0 Å². The second-order valence-electron chi connectivity index (χ2n) is 5.56. The van der Waals surface area contributed by atoms with Gasteiger partial charge in [-0.3, -0.25) is 0 Å². The number of hydrogen-bond acceptors (Lipinski definition) is 4. The lowest BCUT2D eigenvalue weighted by Crippen LogP contribution is -2.45. The molecule has 0 amide bonds. The zero-order chi connectivity index (χ0) is 13.9. The van der Waals surface area contributed by atoms with Crippen LogP contribution in [0, 0.1) is 0 Å². The predicted octanol–water partition coefficient (Wildman–Crippen LogP) is 1.75. The molecule has 1 unspecified atom stereocenters. The summed E-state index contributed by atoms with van der Waals surface area (Å²) in [5.41, 5.74) is 0.506. The van der Waals surface area contributed by atoms with Gasteiger partial charge in [-0.15, -0.1) is 0 Å². The first-order valence-electron chi connectivity index (χ1n) is 6.81. The predicted molar refractivity (Wildman–Crippen MR) is 74.9 cm³/mol. The van der Waals surface area contributed by atoms with Crippen LogP contribution in [0.15, 0.2) is 18.2 Å². The van der Waals surface area contributed by atoms with E-state index in [2.05, 4.69) is 11.4 Å². The molecule has 1 aromatic rings. The summed E-state index contributed by atoms with van der Waals surface area (Å²) < 4.78 is 11.1. The van der Waals surface area contributed by atoms with E-state index in [0.29, 0.717) is 13.2 Å². The molecule has 0 aromatic heterocycles. The number of aliphatic hydroxyl groups is 1. The summed E-state index contributed by atoms with van der Waals surface area (Å²) in [5, 5.41) is 13.2. The molecular weight excluding hydrogens is 242 g/mol. The van der Waals surface area contributed by atoms with Crippen molar-refractivity contribution in [3.63, 3.8) is 0 Å². The number of nitrogens with one attached hydrogen (secondary N) is 1. The number of fused-ring (bicyclic) bond motifs is 1. The molecule has 0 fully saturated rings. The van der Waals surface area contributed by atoms with Crippen LogP contribution in [0.1, 0.15) is 26.3 Å². The monoisotopic (exact) mass is 265 g/mol. The minimum Gasteiger partial charge on any atom is -0.486 e. The Morgan fingerprint density at radius 3 is 2.63 bits per heavy atom. The van der Waals surface area contributed by atoms with Crippen molar-refractivity contribution in [2.24, 2.45) is 0 Å². The fourth-order valence-corrected chi connectivity index (χ4v) is 1.93. The van der Waals surface area contributed by atoms with Crippen LogP contribution in [-0.2, 0) is 6.42 Å². The molecule has 2 N–H and O–H groups in total. The second-order valence-corrected chi connectivity index (χ2v) is 5.56. The first-order valence-corrected chi connectivity index (χ1v) is 6.81. The molecule has 0 saturated carbocycles. The quantitative estimate of drug-likeness (QED) is 0.851. The van der Waals surface area contributed by atoms with Crippen LogP contribution in [0.4, 0.5) is 0 Å². The Hall–Kier alpha value is -1.26. The van der Waals surface area contributed by atoms with Crippen LogP contribution in [-0.4, -0.2) is 36.5 Å². The number of hydrogen-bond donors (Lipinski definition) is 2. The summed E-state index contributed by atoms with van der Waals surface area (Å²) in [6.45, 7) is 7.68. The van der Waals surface area contributed by atoms with Crippen LogP contribution >= 0.6 is 0 Å². The summed E-state index contributed by atoms with van der Waals surface area (Å²) in [4.78, 5) is 0. The molecule has 4 nitrogen and oxygen atoms in total. The second kappa shape index (κ2) is 5.80. The van der Waals surface area contributed by atoms with Crippen LogP contribution in [0.25, 0.3) is 0 Å². The molecular formula is C15H23NO3. The highest BCUT2D eigenvalue weighted by molar-refractivity contribution is 5.43. The van der Waals surface area contributed by atoms with Gasteiger partial charge in [-0.25, -0.2) is 0 Å². The van der Waals surface area contributed by atoms with E-state index in [-0.39, 0.29) is 6.04 Å². The molecule has 4 heteroatoms. The zero-order valence-electron chi connectivity index (χ0n) is 11.9. The van der Waals surface area contributed by atoms with E-state index in [1.165, 1.54) is 5.56 Å². The Balaban J connectivity index is 1.87. The van der Waals surface area contributed by atoms with Crippen LogP contribution < -0.4 is 14.8 Å². The van der Waals surface area contributed by atoms with Gasteiger partial charge < -0.3 is 19.9 Å². The largest absolute Gasteiger partial charge is 0.486 e. The van der Waals surface area contributed by atoms with E-state index >= 15 is 0 Å². The maximum Gasteiger partial charge on any atom is 0.161 e. The Labute approximate surface area is 114 Å². The van der Waals surface area contributed by atoms with Crippen molar-refractivity contribution in [3.05, 3.63) is 23.8 Å². The van der Waals surface area contributed by atoms with Gasteiger partial charge in [-0.1, -0.05) is 6.07 Å². The maximum atomic E-state index is 9.84. The molecule has 1 heterocycles. The molecule has 0 bridgehead atoms. The van der Waals surface area contributed by atoms with Crippen molar-refractivity contribution in [3.8, 4) is 11.5 Å². The summed E-state index contributed by atoms with van der Waals surface area (Å²) in [6.07, 6.45) is 0.900. The molecule has 0 saturated heterocycles. The molecule has 1 aliphatic rings. The third kappa shape index (κ3) is 3.85. The molecule has 1 atom stereocenters. The summed E-state index contributed by atoms with van der Waals surface area (Å²) in [6, 6.07) is 6.11.